The summed E-state index contributed by atoms with van der Waals surface area (Å²) in [7, 11) is 1.54. The molecule has 1 heterocycles. The Morgan fingerprint density at radius 3 is 2.42 bits per heavy atom. The molecule has 0 spiro atoms. The molecule has 0 radical (unpaired) electrons. The van der Waals surface area contributed by atoms with Crippen LogP contribution in [0, 0.1) is 13.8 Å². The Kier molecular flexibility index (Phi) is 5.56. The first kappa shape index (κ1) is 18.7. The van der Waals surface area contributed by atoms with Crippen LogP contribution in [0.2, 0.25) is 0 Å². The fourth-order valence-corrected chi connectivity index (χ4v) is 2.76. The Bertz CT molecular complexity index is 589. The minimum atomic E-state index is -0.896. The molecule has 134 valence electrons. The fourth-order valence-electron chi connectivity index (χ4n) is 2.76. The first-order chi connectivity index (χ1) is 11.2. The second kappa shape index (κ2) is 7.11. The van der Waals surface area contributed by atoms with E-state index in [1.165, 1.54) is 18.2 Å². The number of piperidine rings is 1. The molecule has 1 aliphatic heterocycles. The number of carbonyl (C=O) groups is 1. The lowest BCUT2D eigenvalue weighted by Gasteiger charge is -2.40. The quantitative estimate of drug-likeness (QED) is 0.898. The molecule has 1 saturated heterocycles. The summed E-state index contributed by atoms with van der Waals surface area (Å²) < 4.78 is 11.0. The van der Waals surface area contributed by atoms with Gasteiger partial charge in [-0.05, 0) is 63.8 Å². The van der Waals surface area contributed by atoms with Crippen molar-refractivity contribution in [3.8, 4) is 5.75 Å². The average molecular weight is 335 g/mol. The average Bonchev–Trinajstić information content (AvgIpc) is 2.56. The lowest BCUT2D eigenvalue weighted by atomic mass is 9.91. The molecule has 0 unspecified atom stereocenters. The topological polar surface area (TPSA) is 59.0 Å². The van der Waals surface area contributed by atoms with Crippen molar-refractivity contribution in [2.75, 3.05) is 26.8 Å². The van der Waals surface area contributed by atoms with Gasteiger partial charge in [0.15, 0.2) is 0 Å². The van der Waals surface area contributed by atoms with E-state index in [-0.39, 0.29) is 12.5 Å². The molecule has 1 aliphatic rings. The van der Waals surface area contributed by atoms with Gasteiger partial charge in [0.1, 0.15) is 23.6 Å². The van der Waals surface area contributed by atoms with E-state index in [1.807, 2.05) is 25.1 Å². The standard InChI is InChI=1S/C19H29NO4/c1-14-6-7-16(12-15(14)2)24-13-19(22)8-10-20(11-9-19)17(21)18(3,4)23-5/h6-7,12,22H,8-11,13H2,1-5H3. The van der Waals surface area contributed by atoms with Gasteiger partial charge in [-0.2, -0.15) is 0 Å². The number of aliphatic hydroxyl groups is 1. The summed E-state index contributed by atoms with van der Waals surface area (Å²) >= 11 is 0. The zero-order valence-corrected chi connectivity index (χ0v) is 15.4. The Hall–Kier alpha value is -1.59. The van der Waals surface area contributed by atoms with Crippen molar-refractivity contribution in [1.82, 2.24) is 4.90 Å². The first-order valence-electron chi connectivity index (χ1n) is 8.44. The summed E-state index contributed by atoms with van der Waals surface area (Å²) in [6, 6.07) is 5.92. The molecule has 0 atom stereocenters. The highest BCUT2D eigenvalue weighted by molar-refractivity contribution is 5.84. The predicted molar refractivity (Wildman–Crippen MR) is 93.3 cm³/mol. The fraction of sp³-hybridized carbons (Fsp3) is 0.632. The second-order valence-electron chi connectivity index (χ2n) is 7.27. The van der Waals surface area contributed by atoms with Crippen LogP contribution in [0.3, 0.4) is 0 Å². The highest BCUT2D eigenvalue weighted by atomic mass is 16.5. The van der Waals surface area contributed by atoms with Crippen molar-refractivity contribution in [2.24, 2.45) is 0 Å². The maximum Gasteiger partial charge on any atom is 0.254 e. The first-order valence-corrected chi connectivity index (χ1v) is 8.44. The van der Waals surface area contributed by atoms with Crippen LogP contribution in [-0.2, 0) is 9.53 Å². The van der Waals surface area contributed by atoms with Crippen LogP contribution < -0.4 is 4.74 Å². The summed E-state index contributed by atoms with van der Waals surface area (Å²) in [6.07, 6.45) is 1.01. The highest BCUT2D eigenvalue weighted by Crippen LogP contribution is 2.26. The van der Waals surface area contributed by atoms with Crippen molar-refractivity contribution >= 4 is 5.91 Å². The van der Waals surface area contributed by atoms with E-state index in [2.05, 4.69) is 6.92 Å². The van der Waals surface area contributed by atoms with E-state index in [0.717, 1.165) is 5.75 Å². The minimum Gasteiger partial charge on any atom is -0.491 e. The molecule has 0 saturated carbocycles. The van der Waals surface area contributed by atoms with Crippen LogP contribution in [0.15, 0.2) is 18.2 Å². The van der Waals surface area contributed by atoms with E-state index in [0.29, 0.717) is 25.9 Å². The number of carbonyl (C=O) groups excluding carboxylic acids is 1. The third kappa shape index (κ3) is 4.28. The molecular weight excluding hydrogens is 306 g/mol. The van der Waals surface area contributed by atoms with Crippen molar-refractivity contribution in [1.29, 1.82) is 0 Å². The van der Waals surface area contributed by atoms with E-state index in [1.54, 1.807) is 18.7 Å². The van der Waals surface area contributed by atoms with Gasteiger partial charge >= 0.3 is 0 Å². The third-order valence-corrected chi connectivity index (χ3v) is 4.99. The molecule has 5 heteroatoms. The zero-order chi connectivity index (χ0) is 18.0. The molecule has 1 amide bonds. The van der Waals surface area contributed by atoms with Gasteiger partial charge in [-0.1, -0.05) is 6.07 Å². The minimum absolute atomic E-state index is 0.0397. The van der Waals surface area contributed by atoms with Crippen LogP contribution in [0.5, 0.6) is 5.75 Å². The molecule has 5 nitrogen and oxygen atoms in total. The van der Waals surface area contributed by atoms with Crippen molar-refractivity contribution < 1.29 is 19.4 Å². The SMILES string of the molecule is COC(C)(C)C(=O)N1CCC(O)(COc2ccc(C)c(C)c2)CC1. The van der Waals surface area contributed by atoms with Crippen molar-refractivity contribution in [3.05, 3.63) is 29.3 Å². The molecule has 0 aromatic heterocycles. The van der Waals surface area contributed by atoms with Crippen molar-refractivity contribution in [3.63, 3.8) is 0 Å². The smallest absolute Gasteiger partial charge is 0.254 e. The molecule has 1 aromatic rings. The number of aryl methyl sites for hydroxylation is 2. The lowest BCUT2D eigenvalue weighted by Crippen LogP contribution is -2.54. The number of hydrogen-bond donors (Lipinski definition) is 1. The predicted octanol–water partition coefficient (Wildman–Crippen LogP) is 2.46. The number of methoxy groups -OCH3 is 1. The van der Waals surface area contributed by atoms with Gasteiger partial charge in [0.25, 0.3) is 5.91 Å². The van der Waals surface area contributed by atoms with Gasteiger partial charge in [-0.25, -0.2) is 0 Å². The van der Waals surface area contributed by atoms with Gasteiger partial charge in [0.2, 0.25) is 0 Å². The van der Waals surface area contributed by atoms with Gasteiger partial charge in [0.05, 0.1) is 0 Å². The number of rotatable bonds is 5. The molecule has 24 heavy (non-hydrogen) atoms. The molecule has 1 N–H and O–H groups in total. The second-order valence-corrected chi connectivity index (χ2v) is 7.27. The van der Waals surface area contributed by atoms with Gasteiger partial charge in [-0.3, -0.25) is 4.79 Å². The van der Waals surface area contributed by atoms with Crippen LogP contribution in [0.4, 0.5) is 0 Å². The summed E-state index contributed by atoms with van der Waals surface area (Å²) in [4.78, 5) is 14.2. The maximum atomic E-state index is 12.4. The van der Waals surface area contributed by atoms with E-state index in [4.69, 9.17) is 9.47 Å². The summed E-state index contributed by atoms with van der Waals surface area (Å²) in [6.45, 7) is 8.89. The van der Waals surface area contributed by atoms with E-state index < -0.39 is 11.2 Å². The van der Waals surface area contributed by atoms with Crippen LogP contribution >= 0.6 is 0 Å². The summed E-state index contributed by atoms with van der Waals surface area (Å²) in [5.74, 6) is 0.729. The number of hydrogen-bond acceptors (Lipinski definition) is 4. The molecular formula is C19H29NO4. The number of ether oxygens (including phenoxy) is 2. The normalized spacial score (nSPS) is 17.7. The molecule has 2 rings (SSSR count). The van der Waals surface area contributed by atoms with Crippen LogP contribution in [-0.4, -0.2) is 53.9 Å². The zero-order valence-electron chi connectivity index (χ0n) is 15.4. The Morgan fingerprint density at radius 1 is 1.25 bits per heavy atom. The molecule has 0 bridgehead atoms. The number of amides is 1. The lowest BCUT2D eigenvalue weighted by molar-refractivity contribution is -0.155. The Labute approximate surface area is 144 Å². The number of benzene rings is 1. The summed E-state index contributed by atoms with van der Waals surface area (Å²) in [5.41, 5.74) is 0.661. The number of likely N-dealkylation sites (tertiary alicyclic amines) is 1. The third-order valence-electron chi connectivity index (χ3n) is 4.99. The van der Waals surface area contributed by atoms with Gasteiger partial charge in [-0.15, -0.1) is 0 Å². The largest absolute Gasteiger partial charge is 0.491 e. The Balaban J connectivity index is 1.90. The molecule has 0 aliphatic carbocycles. The van der Waals surface area contributed by atoms with E-state index >= 15 is 0 Å². The molecule has 1 aromatic carbocycles. The molecule has 1 fully saturated rings. The van der Waals surface area contributed by atoms with Crippen LogP contribution in [0.1, 0.15) is 37.8 Å². The van der Waals surface area contributed by atoms with Gasteiger partial charge in [0, 0.05) is 20.2 Å². The van der Waals surface area contributed by atoms with Gasteiger partial charge < -0.3 is 19.5 Å². The maximum absolute atomic E-state index is 12.4. The summed E-state index contributed by atoms with van der Waals surface area (Å²) in [5, 5.41) is 10.7. The highest BCUT2D eigenvalue weighted by Gasteiger charge is 2.39. The van der Waals surface area contributed by atoms with Crippen LogP contribution in [0.25, 0.3) is 0 Å². The number of nitrogens with zero attached hydrogens (tertiary/aromatic N) is 1. The van der Waals surface area contributed by atoms with E-state index in [9.17, 15) is 9.90 Å². The van der Waals surface area contributed by atoms with Crippen molar-refractivity contribution in [2.45, 2.75) is 51.7 Å². The Morgan fingerprint density at radius 2 is 1.88 bits per heavy atom. The monoisotopic (exact) mass is 335 g/mol.